The van der Waals surface area contributed by atoms with Gasteiger partial charge in [-0.2, -0.15) is 0 Å². The highest BCUT2D eigenvalue weighted by atomic mass is 16.2. The van der Waals surface area contributed by atoms with Crippen molar-refractivity contribution < 1.29 is 14.4 Å². The van der Waals surface area contributed by atoms with E-state index in [4.69, 9.17) is 5.73 Å². The molecule has 0 fully saturated rings. The second-order valence-corrected chi connectivity index (χ2v) is 4.43. The molecule has 0 aliphatic heterocycles. The van der Waals surface area contributed by atoms with Gasteiger partial charge in [0.1, 0.15) is 0 Å². The lowest BCUT2D eigenvalue weighted by Gasteiger charge is -2.08. The second-order valence-electron chi connectivity index (χ2n) is 4.43. The van der Waals surface area contributed by atoms with E-state index in [0.29, 0.717) is 17.8 Å². The summed E-state index contributed by atoms with van der Waals surface area (Å²) in [6, 6.07) is 6.22. The van der Waals surface area contributed by atoms with E-state index in [1.165, 1.54) is 0 Å². The van der Waals surface area contributed by atoms with Crippen molar-refractivity contribution in [3.05, 3.63) is 29.8 Å². The lowest BCUT2D eigenvalue weighted by molar-refractivity contribution is -0.117. The molecule has 0 radical (unpaired) electrons. The molecular weight excluding hydrogens is 272 g/mol. The topological polar surface area (TPSA) is 113 Å². The number of benzene rings is 1. The van der Waals surface area contributed by atoms with Gasteiger partial charge >= 0.3 is 6.03 Å². The first-order chi connectivity index (χ1) is 10.0. The smallest absolute Gasteiger partial charge is 0.319 e. The van der Waals surface area contributed by atoms with Gasteiger partial charge in [-0.1, -0.05) is 13.0 Å². The van der Waals surface area contributed by atoms with Gasteiger partial charge < -0.3 is 21.7 Å². The van der Waals surface area contributed by atoms with Gasteiger partial charge in [-0.25, -0.2) is 4.79 Å². The summed E-state index contributed by atoms with van der Waals surface area (Å²) in [6.07, 6.45) is 0.929. The van der Waals surface area contributed by atoms with E-state index >= 15 is 0 Å². The summed E-state index contributed by atoms with van der Waals surface area (Å²) in [6.45, 7) is 2.72. The Morgan fingerprint density at radius 3 is 2.57 bits per heavy atom. The molecule has 1 aromatic rings. The number of primary amides is 1. The fourth-order valence-electron chi connectivity index (χ4n) is 1.55. The molecule has 0 spiro atoms. The molecule has 0 saturated heterocycles. The van der Waals surface area contributed by atoms with E-state index in [-0.39, 0.29) is 24.9 Å². The normalized spacial score (nSPS) is 9.76. The molecule has 0 saturated carbocycles. The number of carbonyl (C=O) groups excluding carboxylic acids is 3. The van der Waals surface area contributed by atoms with Crippen molar-refractivity contribution in [3.63, 3.8) is 0 Å². The van der Waals surface area contributed by atoms with E-state index in [2.05, 4.69) is 16.0 Å². The maximum Gasteiger partial charge on any atom is 0.319 e. The van der Waals surface area contributed by atoms with Crippen LogP contribution in [0.3, 0.4) is 0 Å². The van der Waals surface area contributed by atoms with Gasteiger partial charge in [-0.05, 0) is 24.6 Å². The summed E-state index contributed by atoms with van der Waals surface area (Å²) in [7, 11) is 0. The van der Waals surface area contributed by atoms with Gasteiger partial charge in [0.25, 0.3) is 5.91 Å². The van der Waals surface area contributed by atoms with Crippen molar-refractivity contribution in [2.75, 3.05) is 18.4 Å². The average molecular weight is 292 g/mol. The second kappa shape index (κ2) is 8.57. The molecular formula is C14H20N4O3. The number of hydrogen-bond acceptors (Lipinski definition) is 3. The zero-order chi connectivity index (χ0) is 15.7. The van der Waals surface area contributed by atoms with Crippen LogP contribution in [0.5, 0.6) is 0 Å². The quantitative estimate of drug-likeness (QED) is 0.596. The zero-order valence-electron chi connectivity index (χ0n) is 11.9. The monoisotopic (exact) mass is 292 g/mol. The number of carbonyl (C=O) groups is 3. The molecule has 7 nitrogen and oxygen atoms in total. The molecule has 21 heavy (non-hydrogen) atoms. The van der Waals surface area contributed by atoms with E-state index in [9.17, 15) is 14.4 Å². The molecule has 0 atom stereocenters. The third kappa shape index (κ3) is 6.42. The predicted molar refractivity (Wildman–Crippen MR) is 79.9 cm³/mol. The molecule has 1 rings (SSSR count). The van der Waals surface area contributed by atoms with Gasteiger partial charge in [0.05, 0.1) is 0 Å². The molecule has 4 amide bonds. The van der Waals surface area contributed by atoms with E-state index in [1.807, 2.05) is 6.92 Å². The van der Waals surface area contributed by atoms with Crippen molar-refractivity contribution in [1.29, 1.82) is 0 Å². The van der Waals surface area contributed by atoms with E-state index in [1.54, 1.807) is 24.3 Å². The first-order valence-corrected chi connectivity index (χ1v) is 6.74. The lowest BCUT2D eigenvalue weighted by Crippen LogP contribution is -2.30. The van der Waals surface area contributed by atoms with Crippen LogP contribution in [0, 0.1) is 0 Å². The first kappa shape index (κ1) is 16.5. The number of rotatable bonds is 7. The van der Waals surface area contributed by atoms with Gasteiger partial charge in [0.15, 0.2) is 0 Å². The van der Waals surface area contributed by atoms with Crippen molar-refractivity contribution in [3.8, 4) is 0 Å². The summed E-state index contributed by atoms with van der Waals surface area (Å²) in [4.78, 5) is 34.0. The number of nitrogens with two attached hydrogens (primary N) is 1. The minimum atomic E-state index is -0.474. The largest absolute Gasteiger partial charge is 0.370 e. The Labute approximate surface area is 123 Å². The van der Waals surface area contributed by atoms with E-state index < -0.39 is 5.91 Å². The lowest BCUT2D eigenvalue weighted by atomic mass is 10.2. The van der Waals surface area contributed by atoms with Crippen LogP contribution in [-0.4, -0.2) is 30.9 Å². The molecule has 0 aliphatic rings. The van der Waals surface area contributed by atoms with Crippen molar-refractivity contribution >= 4 is 23.5 Å². The molecule has 0 aromatic heterocycles. The standard InChI is InChI=1S/C14H20N4O3/c1-2-7-17-14(21)18-11-5-3-4-10(9-11)13(20)16-8-6-12(15)19/h3-5,9H,2,6-8H2,1H3,(H2,15,19)(H,16,20)(H2,17,18,21). The Bertz CT molecular complexity index is 517. The summed E-state index contributed by atoms with van der Waals surface area (Å²) in [5.74, 6) is -0.799. The number of urea groups is 1. The molecule has 114 valence electrons. The van der Waals surface area contributed by atoms with Gasteiger partial charge in [0, 0.05) is 30.8 Å². The minimum Gasteiger partial charge on any atom is -0.370 e. The molecule has 5 N–H and O–H groups in total. The maximum atomic E-state index is 11.8. The number of amides is 4. The summed E-state index contributed by atoms with van der Waals surface area (Å²) >= 11 is 0. The van der Waals surface area contributed by atoms with Crippen LogP contribution < -0.4 is 21.7 Å². The van der Waals surface area contributed by atoms with Crippen LogP contribution in [0.25, 0.3) is 0 Å². The van der Waals surface area contributed by atoms with Crippen molar-refractivity contribution in [2.45, 2.75) is 19.8 Å². The van der Waals surface area contributed by atoms with Crippen molar-refractivity contribution in [1.82, 2.24) is 10.6 Å². The van der Waals surface area contributed by atoms with Crippen LogP contribution in [0.2, 0.25) is 0 Å². The van der Waals surface area contributed by atoms with E-state index in [0.717, 1.165) is 6.42 Å². The predicted octanol–water partition coefficient (Wildman–Crippen LogP) is 0.823. The molecule has 0 heterocycles. The van der Waals surface area contributed by atoms with Crippen LogP contribution in [0.1, 0.15) is 30.1 Å². The molecule has 7 heteroatoms. The van der Waals surface area contributed by atoms with Gasteiger partial charge in [-0.3, -0.25) is 9.59 Å². The summed E-state index contributed by atoms with van der Waals surface area (Å²) in [5, 5.41) is 7.89. The highest BCUT2D eigenvalue weighted by molar-refractivity contribution is 5.97. The molecule has 0 bridgehead atoms. The Hall–Kier alpha value is -2.57. The van der Waals surface area contributed by atoms with Crippen LogP contribution in [-0.2, 0) is 4.79 Å². The number of hydrogen-bond donors (Lipinski definition) is 4. The molecule has 0 unspecified atom stereocenters. The van der Waals surface area contributed by atoms with Crippen molar-refractivity contribution in [2.24, 2.45) is 5.73 Å². The molecule has 0 aliphatic carbocycles. The average Bonchev–Trinajstić information content (AvgIpc) is 2.45. The zero-order valence-corrected chi connectivity index (χ0v) is 11.9. The van der Waals surface area contributed by atoms with Crippen LogP contribution in [0.4, 0.5) is 10.5 Å². The summed E-state index contributed by atoms with van der Waals surface area (Å²) in [5.41, 5.74) is 5.91. The number of nitrogens with one attached hydrogen (secondary N) is 3. The minimum absolute atomic E-state index is 0.0864. The molecule has 1 aromatic carbocycles. The Morgan fingerprint density at radius 2 is 1.90 bits per heavy atom. The Kier molecular flexibility index (Phi) is 6.73. The van der Waals surface area contributed by atoms with Crippen LogP contribution in [0.15, 0.2) is 24.3 Å². The third-order valence-electron chi connectivity index (χ3n) is 2.58. The Morgan fingerprint density at radius 1 is 1.14 bits per heavy atom. The SMILES string of the molecule is CCCNC(=O)Nc1cccc(C(=O)NCCC(N)=O)c1. The number of anilines is 1. The Balaban J connectivity index is 2.56. The fraction of sp³-hybridized carbons (Fsp3) is 0.357. The fourth-order valence-corrected chi connectivity index (χ4v) is 1.55. The van der Waals surface area contributed by atoms with Crippen LogP contribution >= 0.6 is 0 Å². The highest BCUT2D eigenvalue weighted by Crippen LogP contribution is 2.10. The first-order valence-electron chi connectivity index (χ1n) is 6.74. The highest BCUT2D eigenvalue weighted by Gasteiger charge is 2.07. The third-order valence-corrected chi connectivity index (χ3v) is 2.58. The maximum absolute atomic E-state index is 11.8. The summed E-state index contributed by atoms with van der Waals surface area (Å²) < 4.78 is 0. The van der Waals surface area contributed by atoms with Gasteiger partial charge in [0.2, 0.25) is 5.91 Å². The van der Waals surface area contributed by atoms with Gasteiger partial charge in [-0.15, -0.1) is 0 Å².